The Bertz CT molecular complexity index is 707. The minimum Gasteiger partial charge on any atom is -0.0959 e. The fourth-order valence-corrected chi connectivity index (χ4v) is 3.89. The predicted octanol–water partition coefficient (Wildman–Crippen LogP) is 10.3. The molecule has 0 heteroatoms. The first kappa shape index (κ1) is 28.4. The van der Waals surface area contributed by atoms with Crippen LogP contribution in [0.2, 0.25) is 0 Å². The van der Waals surface area contributed by atoms with Crippen molar-refractivity contribution in [3.8, 4) is 0 Å². The van der Waals surface area contributed by atoms with Crippen molar-refractivity contribution in [2.45, 2.75) is 108 Å². The number of hydrogen-bond donors (Lipinski definition) is 0. The Morgan fingerprint density at radius 1 is 1.10 bits per heavy atom. The summed E-state index contributed by atoms with van der Waals surface area (Å²) in [5.41, 5.74) is 11.8. The van der Waals surface area contributed by atoms with Crippen molar-refractivity contribution >= 4 is 0 Å². The first-order valence-electron chi connectivity index (χ1n) is 12.0. The van der Waals surface area contributed by atoms with Crippen molar-refractivity contribution in [1.82, 2.24) is 0 Å². The zero-order valence-electron chi connectivity index (χ0n) is 22.1. The highest BCUT2D eigenvalue weighted by Crippen LogP contribution is 2.43. The molecule has 1 fully saturated rings. The van der Waals surface area contributed by atoms with Gasteiger partial charge in [-0.15, -0.1) is 0 Å². The largest absolute Gasteiger partial charge is 0.0959 e. The summed E-state index contributed by atoms with van der Waals surface area (Å²) < 4.78 is 0. The minimum absolute atomic E-state index is 0.737. The molecule has 0 aromatic heterocycles. The van der Waals surface area contributed by atoms with E-state index in [1.54, 1.807) is 22.3 Å². The summed E-state index contributed by atoms with van der Waals surface area (Å²) in [6.45, 7) is 27.7. The highest BCUT2D eigenvalue weighted by Gasteiger charge is 2.28. The van der Waals surface area contributed by atoms with Crippen molar-refractivity contribution in [2.75, 3.05) is 0 Å². The Balaban J connectivity index is 0.000000440. The second-order valence-electron chi connectivity index (χ2n) is 9.49. The molecular formula is C30H50. The van der Waals surface area contributed by atoms with E-state index in [1.165, 1.54) is 48.8 Å². The monoisotopic (exact) mass is 410 g/mol. The summed E-state index contributed by atoms with van der Waals surface area (Å²) >= 11 is 0. The van der Waals surface area contributed by atoms with E-state index in [-0.39, 0.29) is 0 Å². The molecule has 1 unspecified atom stereocenters. The van der Waals surface area contributed by atoms with E-state index in [0.29, 0.717) is 0 Å². The van der Waals surface area contributed by atoms with Gasteiger partial charge in [0, 0.05) is 0 Å². The zero-order chi connectivity index (χ0) is 23.4. The van der Waals surface area contributed by atoms with Crippen LogP contribution in [-0.2, 0) is 0 Å². The maximum absolute atomic E-state index is 3.76. The minimum atomic E-state index is 0.737. The van der Waals surface area contributed by atoms with Gasteiger partial charge >= 0.3 is 0 Å². The summed E-state index contributed by atoms with van der Waals surface area (Å²) in [6.07, 6.45) is 13.3. The maximum Gasteiger partial charge on any atom is -0.00995 e. The summed E-state index contributed by atoms with van der Waals surface area (Å²) in [5.74, 6) is 1.72. The van der Waals surface area contributed by atoms with Gasteiger partial charge < -0.3 is 0 Å². The molecular weight excluding hydrogens is 360 g/mol. The molecule has 1 saturated carbocycles. The van der Waals surface area contributed by atoms with Gasteiger partial charge in [0.05, 0.1) is 0 Å². The molecule has 0 spiro atoms. The lowest BCUT2D eigenvalue weighted by Gasteiger charge is -2.15. The SMILES string of the molecule is C=C(C)/C(C)=C/C.CC/C(=C(/C)C=C(C)C)C(C)CC.CC1=CC(C)=C(C2CC2)C1. The average molecular weight is 411 g/mol. The molecule has 2 aliphatic rings. The summed E-state index contributed by atoms with van der Waals surface area (Å²) in [4.78, 5) is 0. The molecule has 30 heavy (non-hydrogen) atoms. The van der Waals surface area contributed by atoms with Crippen LogP contribution in [0.3, 0.4) is 0 Å². The topological polar surface area (TPSA) is 0 Å². The molecule has 0 aromatic carbocycles. The van der Waals surface area contributed by atoms with Crippen molar-refractivity contribution in [3.63, 3.8) is 0 Å². The van der Waals surface area contributed by atoms with Crippen LogP contribution >= 0.6 is 0 Å². The fraction of sp³-hybridized carbons (Fsp3) is 0.600. The molecule has 0 aromatic rings. The lowest BCUT2D eigenvalue weighted by Crippen LogP contribution is -1.99. The molecule has 0 bridgehead atoms. The van der Waals surface area contributed by atoms with Crippen LogP contribution in [0.5, 0.6) is 0 Å². The van der Waals surface area contributed by atoms with E-state index in [1.807, 2.05) is 13.8 Å². The van der Waals surface area contributed by atoms with E-state index in [9.17, 15) is 0 Å². The lowest BCUT2D eigenvalue weighted by atomic mass is 9.91. The highest BCUT2D eigenvalue weighted by molar-refractivity contribution is 5.39. The Morgan fingerprint density at radius 2 is 1.67 bits per heavy atom. The Labute approximate surface area is 189 Å². The maximum atomic E-state index is 3.76. The third kappa shape index (κ3) is 11.0. The molecule has 0 saturated heterocycles. The first-order chi connectivity index (χ1) is 14.0. The van der Waals surface area contributed by atoms with Gasteiger partial charge in [-0.1, -0.05) is 90.2 Å². The zero-order valence-corrected chi connectivity index (χ0v) is 22.1. The second kappa shape index (κ2) is 14.4. The molecule has 0 radical (unpaired) electrons. The number of allylic oxidation sites excluding steroid dienone is 11. The molecule has 0 nitrogen and oxygen atoms in total. The van der Waals surface area contributed by atoms with Crippen molar-refractivity contribution in [3.05, 3.63) is 69.4 Å². The summed E-state index contributed by atoms with van der Waals surface area (Å²) in [5, 5.41) is 0. The third-order valence-electron chi connectivity index (χ3n) is 6.21. The quantitative estimate of drug-likeness (QED) is 0.382. The van der Waals surface area contributed by atoms with Crippen molar-refractivity contribution in [2.24, 2.45) is 11.8 Å². The first-order valence-corrected chi connectivity index (χ1v) is 12.0. The fourth-order valence-electron chi connectivity index (χ4n) is 3.89. The highest BCUT2D eigenvalue weighted by atomic mass is 14.3. The van der Waals surface area contributed by atoms with Gasteiger partial charge in [-0.25, -0.2) is 0 Å². The van der Waals surface area contributed by atoms with Crippen LogP contribution < -0.4 is 0 Å². The summed E-state index contributed by atoms with van der Waals surface area (Å²) in [6, 6.07) is 0. The average Bonchev–Trinajstić information content (AvgIpc) is 3.45. The van der Waals surface area contributed by atoms with E-state index < -0.39 is 0 Å². The van der Waals surface area contributed by atoms with Crippen LogP contribution in [-0.4, -0.2) is 0 Å². The van der Waals surface area contributed by atoms with Gasteiger partial charge in [0.1, 0.15) is 0 Å². The lowest BCUT2D eigenvalue weighted by molar-refractivity contribution is 0.627. The van der Waals surface area contributed by atoms with Gasteiger partial charge in [-0.3, -0.25) is 0 Å². The molecule has 170 valence electrons. The van der Waals surface area contributed by atoms with Gasteiger partial charge in [0.2, 0.25) is 0 Å². The molecule has 0 heterocycles. The van der Waals surface area contributed by atoms with E-state index in [2.05, 4.69) is 87.1 Å². The van der Waals surface area contributed by atoms with Crippen LogP contribution in [0.4, 0.5) is 0 Å². The molecule has 2 aliphatic carbocycles. The smallest absolute Gasteiger partial charge is 0.00995 e. The predicted molar refractivity (Wildman–Crippen MR) is 140 cm³/mol. The normalized spacial score (nSPS) is 17.7. The van der Waals surface area contributed by atoms with Crippen LogP contribution in [0.15, 0.2) is 69.4 Å². The summed E-state index contributed by atoms with van der Waals surface area (Å²) in [7, 11) is 0. The van der Waals surface area contributed by atoms with Crippen LogP contribution in [0, 0.1) is 11.8 Å². The van der Waals surface area contributed by atoms with Crippen LogP contribution in [0.1, 0.15) is 108 Å². The molecule has 0 aliphatic heterocycles. The number of hydrogen-bond acceptors (Lipinski definition) is 0. The third-order valence-corrected chi connectivity index (χ3v) is 6.21. The Kier molecular flexibility index (Phi) is 13.7. The molecule has 0 N–H and O–H groups in total. The standard InChI is InChI=1S/C13H24.C10H14.C7H12/c1-7-11(5)13(8-2)12(6)9-10(3)4;1-7-5-8(2)10(6-7)9-3-4-9;1-5-7(4)6(2)3/h9,11H,7-8H2,1-6H3;5,9H,3-4,6H2,1-2H3;5H,2H2,1,3-4H3/b13-12+;;7-5+. The van der Waals surface area contributed by atoms with Gasteiger partial charge in [-0.05, 0) is 99.3 Å². The van der Waals surface area contributed by atoms with Crippen LogP contribution in [0.25, 0.3) is 0 Å². The van der Waals surface area contributed by atoms with Gasteiger partial charge in [-0.2, -0.15) is 0 Å². The van der Waals surface area contributed by atoms with E-state index >= 15 is 0 Å². The van der Waals surface area contributed by atoms with Gasteiger partial charge in [0.25, 0.3) is 0 Å². The molecule has 0 amide bonds. The van der Waals surface area contributed by atoms with Crippen molar-refractivity contribution < 1.29 is 0 Å². The number of rotatable bonds is 6. The van der Waals surface area contributed by atoms with E-state index in [0.717, 1.165) is 17.4 Å². The van der Waals surface area contributed by atoms with Gasteiger partial charge in [0.15, 0.2) is 0 Å². The second-order valence-corrected chi connectivity index (χ2v) is 9.49. The Hall–Kier alpha value is -1.56. The molecule has 1 atom stereocenters. The Morgan fingerprint density at radius 3 is 1.93 bits per heavy atom. The molecule has 2 rings (SSSR count). The van der Waals surface area contributed by atoms with Crippen molar-refractivity contribution in [1.29, 1.82) is 0 Å². The van der Waals surface area contributed by atoms with E-state index in [4.69, 9.17) is 0 Å².